The number of aromatic nitrogens is 2. The molecule has 0 amide bonds. The lowest BCUT2D eigenvalue weighted by Crippen LogP contribution is -2.35. The van der Waals surface area contributed by atoms with Gasteiger partial charge in [-0.15, -0.1) is 0 Å². The number of hydrogen-bond acceptors (Lipinski definition) is 4. The first kappa shape index (κ1) is 14.5. The Morgan fingerprint density at radius 1 is 1.40 bits per heavy atom. The van der Waals surface area contributed by atoms with Crippen molar-refractivity contribution in [2.75, 3.05) is 11.9 Å². The molecule has 1 saturated carbocycles. The summed E-state index contributed by atoms with van der Waals surface area (Å²) in [4.78, 5) is 18.4. The molecule has 1 aliphatic rings. The summed E-state index contributed by atoms with van der Waals surface area (Å²) < 4.78 is 37.5. The first-order chi connectivity index (χ1) is 9.33. The second kappa shape index (κ2) is 5.26. The molecular weight excluding hydrogens is 275 g/mol. The highest BCUT2D eigenvalue weighted by atomic mass is 19.4. The van der Waals surface area contributed by atoms with Gasteiger partial charge in [0.2, 0.25) is 5.95 Å². The van der Waals surface area contributed by atoms with Gasteiger partial charge in [-0.1, -0.05) is 12.8 Å². The molecule has 110 valence electrons. The summed E-state index contributed by atoms with van der Waals surface area (Å²) in [5.74, 6) is -1.14. The largest absolute Gasteiger partial charge is 0.481 e. The van der Waals surface area contributed by atoms with Crippen LogP contribution in [-0.2, 0) is 11.0 Å². The lowest BCUT2D eigenvalue weighted by Gasteiger charge is -2.24. The van der Waals surface area contributed by atoms with Crippen LogP contribution in [-0.4, -0.2) is 27.6 Å². The van der Waals surface area contributed by atoms with E-state index in [-0.39, 0.29) is 12.5 Å². The lowest BCUT2D eigenvalue weighted by atomic mass is 9.86. The minimum absolute atomic E-state index is 0.0314. The zero-order valence-corrected chi connectivity index (χ0v) is 10.6. The van der Waals surface area contributed by atoms with Crippen LogP contribution in [0.4, 0.5) is 19.1 Å². The number of anilines is 1. The Balaban J connectivity index is 2.09. The second-order valence-electron chi connectivity index (χ2n) is 4.91. The van der Waals surface area contributed by atoms with Crippen LogP contribution in [0.15, 0.2) is 12.3 Å². The predicted octanol–water partition coefficient (Wildman–Crippen LogP) is 2.55. The van der Waals surface area contributed by atoms with Crippen LogP contribution in [0.1, 0.15) is 31.4 Å². The van der Waals surface area contributed by atoms with Gasteiger partial charge in [0.15, 0.2) is 0 Å². The van der Waals surface area contributed by atoms with Crippen molar-refractivity contribution in [3.05, 3.63) is 18.0 Å². The monoisotopic (exact) mass is 289 g/mol. The molecule has 0 unspecified atom stereocenters. The van der Waals surface area contributed by atoms with Gasteiger partial charge in [-0.3, -0.25) is 4.79 Å². The molecule has 5 nitrogen and oxygen atoms in total. The number of carboxylic acid groups (broad SMARTS) is 1. The highest BCUT2D eigenvalue weighted by Crippen LogP contribution is 2.38. The Kier molecular flexibility index (Phi) is 3.82. The van der Waals surface area contributed by atoms with E-state index in [0.717, 1.165) is 25.1 Å². The highest BCUT2D eigenvalue weighted by Gasteiger charge is 2.41. The van der Waals surface area contributed by atoms with Gasteiger partial charge in [-0.25, -0.2) is 9.97 Å². The number of aliphatic carboxylic acids is 1. The molecule has 0 bridgehead atoms. The van der Waals surface area contributed by atoms with E-state index in [0.29, 0.717) is 12.8 Å². The van der Waals surface area contributed by atoms with E-state index in [2.05, 4.69) is 15.3 Å². The quantitative estimate of drug-likeness (QED) is 0.891. The van der Waals surface area contributed by atoms with Crippen LogP contribution in [0.25, 0.3) is 0 Å². The summed E-state index contributed by atoms with van der Waals surface area (Å²) >= 11 is 0. The van der Waals surface area contributed by atoms with Crippen molar-refractivity contribution in [1.29, 1.82) is 0 Å². The van der Waals surface area contributed by atoms with Crippen LogP contribution >= 0.6 is 0 Å². The maximum Gasteiger partial charge on any atom is 0.433 e. The van der Waals surface area contributed by atoms with Gasteiger partial charge < -0.3 is 10.4 Å². The summed E-state index contributed by atoms with van der Waals surface area (Å²) in [6.07, 6.45) is -0.922. The van der Waals surface area contributed by atoms with E-state index in [4.69, 9.17) is 0 Å². The smallest absolute Gasteiger partial charge is 0.433 e. The van der Waals surface area contributed by atoms with Gasteiger partial charge in [-0.2, -0.15) is 13.2 Å². The fourth-order valence-electron chi connectivity index (χ4n) is 2.37. The first-order valence-corrected chi connectivity index (χ1v) is 6.21. The number of halogens is 3. The summed E-state index contributed by atoms with van der Waals surface area (Å²) in [5, 5.41) is 11.9. The molecule has 1 heterocycles. The zero-order valence-electron chi connectivity index (χ0n) is 10.6. The SMILES string of the molecule is O=C(O)C1(CNc2nccc(C(F)(F)F)n2)CCCC1. The van der Waals surface area contributed by atoms with E-state index in [1.807, 2.05) is 0 Å². The number of rotatable bonds is 4. The van der Waals surface area contributed by atoms with Gasteiger partial charge in [0.25, 0.3) is 0 Å². The van der Waals surface area contributed by atoms with E-state index in [1.165, 1.54) is 0 Å². The third kappa shape index (κ3) is 3.00. The van der Waals surface area contributed by atoms with Crippen molar-refractivity contribution < 1.29 is 23.1 Å². The van der Waals surface area contributed by atoms with E-state index >= 15 is 0 Å². The zero-order chi connectivity index (χ0) is 14.8. The number of nitrogens with zero attached hydrogens (tertiary/aromatic N) is 2. The third-order valence-electron chi connectivity index (χ3n) is 3.55. The van der Waals surface area contributed by atoms with Crippen LogP contribution in [0.2, 0.25) is 0 Å². The second-order valence-corrected chi connectivity index (χ2v) is 4.91. The van der Waals surface area contributed by atoms with Gasteiger partial charge in [0.05, 0.1) is 5.41 Å². The number of alkyl halides is 3. The number of carboxylic acids is 1. The Labute approximate surface area is 113 Å². The molecule has 1 aromatic heterocycles. The molecule has 0 aliphatic heterocycles. The third-order valence-corrected chi connectivity index (χ3v) is 3.55. The molecule has 0 radical (unpaired) electrons. The molecule has 2 rings (SSSR count). The van der Waals surface area contributed by atoms with Gasteiger partial charge >= 0.3 is 12.1 Å². The Morgan fingerprint density at radius 2 is 2.05 bits per heavy atom. The van der Waals surface area contributed by atoms with Gasteiger partial charge in [0, 0.05) is 12.7 Å². The topological polar surface area (TPSA) is 75.1 Å². The number of nitrogens with one attached hydrogen (secondary N) is 1. The van der Waals surface area contributed by atoms with Crippen LogP contribution in [0, 0.1) is 5.41 Å². The molecule has 1 fully saturated rings. The van der Waals surface area contributed by atoms with E-state index in [1.54, 1.807) is 0 Å². The lowest BCUT2D eigenvalue weighted by molar-refractivity contribution is -0.147. The van der Waals surface area contributed by atoms with Crippen molar-refractivity contribution in [2.45, 2.75) is 31.9 Å². The normalized spacial score (nSPS) is 17.9. The summed E-state index contributed by atoms with van der Waals surface area (Å²) in [5.41, 5.74) is -1.98. The molecule has 0 saturated heterocycles. The van der Waals surface area contributed by atoms with Crippen LogP contribution in [0.5, 0.6) is 0 Å². The molecule has 2 N–H and O–H groups in total. The van der Waals surface area contributed by atoms with Crippen LogP contribution in [0.3, 0.4) is 0 Å². The Bertz CT molecular complexity index is 499. The van der Waals surface area contributed by atoms with E-state index < -0.39 is 23.3 Å². The maximum absolute atomic E-state index is 12.5. The van der Waals surface area contributed by atoms with E-state index in [9.17, 15) is 23.1 Å². The fraction of sp³-hybridized carbons (Fsp3) is 0.583. The molecule has 20 heavy (non-hydrogen) atoms. The average Bonchev–Trinajstić information content (AvgIpc) is 2.86. The van der Waals surface area contributed by atoms with Gasteiger partial charge in [0.1, 0.15) is 5.69 Å². The Hall–Kier alpha value is -1.86. The molecule has 0 atom stereocenters. The molecule has 0 aromatic carbocycles. The minimum Gasteiger partial charge on any atom is -0.481 e. The van der Waals surface area contributed by atoms with Crippen molar-refractivity contribution in [1.82, 2.24) is 9.97 Å². The molecular formula is C12H14F3N3O2. The van der Waals surface area contributed by atoms with Crippen molar-refractivity contribution in [3.63, 3.8) is 0 Å². The summed E-state index contributed by atoms with van der Waals surface area (Å²) in [7, 11) is 0. The Morgan fingerprint density at radius 3 is 2.60 bits per heavy atom. The molecule has 1 aromatic rings. The summed E-state index contributed by atoms with van der Waals surface area (Å²) in [6.45, 7) is 0.0314. The molecule has 8 heteroatoms. The minimum atomic E-state index is -4.54. The first-order valence-electron chi connectivity index (χ1n) is 6.21. The fourth-order valence-corrected chi connectivity index (χ4v) is 2.37. The molecule has 1 aliphatic carbocycles. The van der Waals surface area contributed by atoms with Crippen molar-refractivity contribution in [3.8, 4) is 0 Å². The number of hydrogen-bond donors (Lipinski definition) is 2. The highest BCUT2D eigenvalue weighted by molar-refractivity contribution is 5.75. The van der Waals surface area contributed by atoms with Crippen LogP contribution < -0.4 is 5.32 Å². The standard InChI is InChI=1S/C12H14F3N3O2/c13-12(14,15)8-3-6-16-10(18-8)17-7-11(9(19)20)4-1-2-5-11/h3,6H,1-2,4-5,7H2,(H,19,20)(H,16,17,18). The molecule has 0 spiro atoms. The van der Waals surface area contributed by atoms with Crippen molar-refractivity contribution >= 4 is 11.9 Å². The maximum atomic E-state index is 12.5. The van der Waals surface area contributed by atoms with Gasteiger partial charge in [-0.05, 0) is 18.9 Å². The average molecular weight is 289 g/mol. The number of carbonyl (C=O) groups is 1. The summed E-state index contributed by atoms with van der Waals surface area (Å²) in [6, 6.07) is 0.772. The van der Waals surface area contributed by atoms with Crippen molar-refractivity contribution in [2.24, 2.45) is 5.41 Å². The predicted molar refractivity (Wildman–Crippen MR) is 64.1 cm³/mol.